The van der Waals surface area contributed by atoms with Crippen LogP contribution in [0.4, 0.5) is 5.69 Å². The van der Waals surface area contributed by atoms with Crippen molar-refractivity contribution in [1.82, 2.24) is 5.32 Å². The third-order valence-corrected chi connectivity index (χ3v) is 3.34. The molecule has 17 heavy (non-hydrogen) atoms. The Balaban J connectivity index is 2.07. The van der Waals surface area contributed by atoms with Crippen LogP contribution < -0.4 is 15.4 Å². The average Bonchev–Trinajstić information content (AvgIpc) is 2.26. The lowest BCUT2D eigenvalue weighted by molar-refractivity contribution is 0.364. The summed E-state index contributed by atoms with van der Waals surface area (Å²) in [6.45, 7) is 7.69. The van der Waals surface area contributed by atoms with E-state index in [1.54, 1.807) is 7.11 Å². The highest BCUT2D eigenvalue weighted by Crippen LogP contribution is 2.28. The fraction of sp³-hybridized carbons (Fsp3) is 0.571. The van der Waals surface area contributed by atoms with Gasteiger partial charge < -0.3 is 15.4 Å². The monoisotopic (exact) mass is 234 g/mol. The summed E-state index contributed by atoms with van der Waals surface area (Å²) in [5.41, 5.74) is 2.46. The van der Waals surface area contributed by atoms with Crippen molar-refractivity contribution in [1.29, 1.82) is 0 Å². The van der Waals surface area contributed by atoms with Gasteiger partial charge in [-0.05, 0) is 23.6 Å². The minimum absolute atomic E-state index is 0.548. The topological polar surface area (TPSA) is 33.3 Å². The van der Waals surface area contributed by atoms with Crippen LogP contribution in [-0.4, -0.2) is 26.7 Å². The van der Waals surface area contributed by atoms with Gasteiger partial charge in [0.1, 0.15) is 5.75 Å². The van der Waals surface area contributed by atoms with E-state index in [1.807, 2.05) is 0 Å². The maximum Gasteiger partial charge on any atom is 0.141 e. The number of benzene rings is 1. The van der Waals surface area contributed by atoms with Crippen LogP contribution in [0.1, 0.15) is 25.3 Å². The summed E-state index contributed by atoms with van der Waals surface area (Å²) in [6.07, 6.45) is 0. The average molecular weight is 234 g/mol. The van der Waals surface area contributed by atoms with E-state index in [1.165, 1.54) is 5.56 Å². The molecule has 3 heteroatoms. The van der Waals surface area contributed by atoms with Crippen LogP contribution in [0.15, 0.2) is 18.2 Å². The van der Waals surface area contributed by atoms with Crippen molar-refractivity contribution in [3.8, 4) is 5.75 Å². The second kappa shape index (κ2) is 5.41. The number of methoxy groups -OCH3 is 1. The summed E-state index contributed by atoms with van der Waals surface area (Å²) in [5.74, 6) is 2.23. The van der Waals surface area contributed by atoms with E-state index in [4.69, 9.17) is 4.74 Å². The number of rotatable bonds is 5. The van der Waals surface area contributed by atoms with Crippen LogP contribution >= 0.6 is 0 Å². The molecule has 0 saturated carbocycles. The van der Waals surface area contributed by atoms with Crippen LogP contribution in [0.25, 0.3) is 0 Å². The lowest BCUT2D eigenvalue weighted by Gasteiger charge is -2.28. The maximum atomic E-state index is 5.39. The van der Waals surface area contributed by atoms with Crippen molar-refractivity contribution in [3.05, 3.63) is 23.8 Å². The predicted octanol–water partition coefficient (Wildman–Crippen LogP) is 2.45. The summed E-state index contributed by atoms with van der Waals surface area (Å²) in [7, 11) is 1.72. The quantitative estimate of drug-likeness (QED) is 0.821. The van der Waals surface area contributed by atoms with Gasteiger partial charge in [-0.2, -0.15) is 0 Å². The first-order valence-electron chi connectivity index (χ1n) is 6.33. The summed E-state index contributed by atoms with van der Waals surface area (Å²) in [6, 6.07) is 6.39. The summed E-state index contributed by atoms with van der Waals surface area (Å²) >= 11 is 0. The Kier molecular flexibility index (Phi) is 3.89. The minimum Gasteiger partial charge on any atom is -0.495 e. The van der Waals surface area contributed by atoms with Crippen molar-refractivity contribution >= 4 is 5.69 Å². The van der Waals surface area contributed by atoms with E-state index in [0.29, 0.717) is 5.92 Å². The maximum absolute atomic E-state index is 5.39. The third kappa shape index (κ3) is 2.91. The molecule has 1 aromatic carbocycles. The van der Waals surface area contributed by atoms with Gasteiger partial charge in [0.15, 0.2) is 0 Å². The number of nitrogens with one attached hydrogen (secondary N) is 2. The lowest BCUT2D eigenvalue weighted by atomic mass is 10.0. The molecule has 0 unspecified atom stereocenters. The first-order valence-corrected chi connectivity index (χ1v) is 6.33. The van der Waals surface area contributed by atoms with Gasteiger partial charge in [-0.3, -0.25) is 0 Å². The number of anilines is 1. The molecule has 2 N–H and O–H groups in total. The highest BCUT2D eigenvalue weighted by Gasteiger charge is 2.16. The number of hydrogen-bond donors (Lipinski definition) is 2. The van der Waals surface area contributed by atoms with Crippen LogP contribution in [-0.2, 0) is 0 Å². The molecule has 1 saturated heterocycles. The van der Waals surface area contributed by atoms with Crippen LogP contribution in [0.2, 0.25) is 0 Å². The Labute approximate surface area is 104 Å². The molecule has 2 rings (SSSR count). The smallest absolute Gasteiger partial charge is 0.141 e. The molecular formula is C14H22N2O. The first kappa shape index (κ1) is 12.2. The molecule has 0 radical (unpaired) electrons. The Morgan fingerprint density at radius 1 is 1.41 bits per heavy atom. The molecule has 1 aliphatic rings. The predicted molar refractivity (Wildman–Crippen MR) is 71.9 cm³/mol. The lowest BCUT2D eigenvalue weighted by Crippen LogP contribution is -2.45. The number of ether oxygens (including phenoxy) is 1. The Bertz CT molecular complexity index is 372. The molecular weight excluding hydrogens is 212 g/mol. The SMILES string of the molecule is COc1ccc(C(C)C)cc1NCC1CNC1. The van der Waals surface area contributed by atoms with E-state index in [-0.39, 0.29) is 0 Å². The van der Waals surface area contributed by atoms with Gasteiger partial charge in [-0.25, -0.2) is 0 Å². The standard InChI is InChI=1S/C14H22N2O/c1-10(2)12-4-5-14(17-3)13(6-12)16-9-11-7-15-8-11/h4-6,10-11,15-16H,7-9H2,1-3H3. The van der Waals surface area contributed by atoms with Crippen LogP contribution in [0.5, 0.6) is 5.75 Å². The molecule has 1 aromatic rings. The second-order valence-electron chi connectivity index (χ2n) is 5.02. The Morgan fingerprint density at radius 2 is 2.18 bits per heavy atom. The molecule has 0 spiro atoms. The van der Waals surface area contributed by atoms with Crippen LogP contribution in [0, 0.1) is 5.92 Å². The van der Waals surface area contributed by atoms with Crippen molar-refractivity contribution in [2.45, 2.75) is 19.8 Å². The molecule has 0 aliphatic carbocycles. The fourth-order valence-electron chi connectivity index (χ4n) is 1.97. The normalized spacial score (nSPS) is 15.8. The van der Waals surface area contributed by atoms with Gasteiger partial charge >= 0.3 is 0 Å². The molecule has 1 heterocycles. The van der Waals surface area contributed by atoms with Gasteiger partial charge in [0.05, 0.1) is 12.8 Å². The van der Waals surface area contributed by atoms with Crippen LogP contribution in [0.3, 0.4) is 0 Å². The summed E-state index contributed by atoms with van der Waals surface area (Å²) in [5, 5.41) is 6.78. The second-order valence-corrected chi connectivity index (χ2v) is 5.02. The molecule has 94 valence electrons. The van der Waals surface area contributed by atoms with Gasteiger partial charge in [0.25, 0.3) is 0 Å². The van der Waals surface area contributed by atoms with Crippen molar-refractivity contribution < 1.29 is 4.74 Å². The summed E-state index contributed by atoms with van der Waals surface area (Å²) in [4.78, 5) is 0. The molecule has 0 bridgehead atoms. The zero-order valence-electron chi connectivity index (χ0n) is 10.9. The largest absolute Gasteiger partial charge is 0.495 e. The van der Waals surface area contributed by atoms with Gasteiger partial charge in [-0.1, -0.05) is 19.9 Å². The molecule has 0 amide bonds. The molecule has 3 nitrogen and oxygen atoms in total. The zero-order valence-corrected chi connectivity index (χ0v) is 10.9. The van der Waals surface area contributed by atoms with Crippen molar-refractivity contribution in [2.75, 3.05) is 32.1 Å². The Hall–Kier alpha value is -1.22. The van der Waals surface area contributed by atoms with Gasteiger partial charge in [-0.15, -0.1) is 0 Å². The summed E-state index contributed by atoms with van der Waals surface area (Å²) < 4.78 is 5.39. The van der Waals surface area contributed by atoms with Crippen molar-refractivity contribution in [3.63, 3.8) is 0 Å². The molecule has 0 aromatic heterocycles. The first-order chi connectivity index (χ1) is 8.20. The van der Waals surface area contributed by atoms with E-state index in [2.05, 4.69) is 42.7 Å². The Morgan fingerprint density at radius 3 is 2.71 bits per heavy atom. The van der Waals surface area contributed by atoms with Gasteiger partial charge in [0.2, 0.25) is 0 Å². The zero-order chi connectivity index (χ0) is 12.3. The number of hydrogen-bond acceptors (Lipinski definition) is 3. The fourth-order valence-corrected chi connectivity index (χ4v) is 1.97. The van der Waals surface area contributed by atoms with E-state index < -0.39 is 0 Å². The van der Waals surface area contributed by atoms with E-state index >= 15 is 0 Å². The highest BCUT2D eigenvalue weighted by atomic mass is 16.5. The van der Waals surface area contributed by atoms with E-state index in [0.717, 1.165) is 37.0 Å². The van der Waals surface area contributed by atoms with Crippen molar-refractivity contribution in [2.24, 2.45) is 5.92 Å². The van der Waals surface area contributed by atoms with Gasteiger partial charge in [0, 0.05) is 25.6 Å². The molecule has 1 fully saturated rings. The third-order valence-electron chi connectivity index (χ3n) is 3.34. The highest BCUT2D eigenvalue weighted by molar-refractivity contribution is 5.58. The molecule has 0 atom stereocenters. The minimum atomic E-state index is 0.548. The molecule has 1 aliphatic heterocycles. The van der Waals surface area contributed by atoms with E-state index in [9.17, 15) is 0 Å².